The van der Waals surface area contributed by atoms with E-state index in [1.807, 2.05) is 18.7 Å². The van der Waals surface area contributed by atoms with Crippen molar-refractivity contribution in [2.45, 2.75) is 69.3 Å². The Hall–Kier alpha value is -4.28. The second kappa shape index (κ2) is 13.0. The van der Waals surface area contributed by atoms with Crippen LogP contribution >= 0.6 is 11.6 Å². The minimum absolute atomic E-state index is 0.0754. The van der Waals surface area contributed by atoms with Crippen LogP contribution in [0.15, 0.2) is 36.8 Å². The van der Waals surface area contributed by atoms with Crippen LogP contribution in [0.1, 0.15) is 61.0 Å². The molecule has 2 aliphatic heterocycles. The Morgan fingerprint density at radius 3 is 2.55 bits per heavy atom. The number of hydrogen-bond acceptors (Lipinski definition) is 10. The van der Waals surface area contributed by atoms with E-state index in [0.29, 0.717) is 69.5 Å². The Bertz CT molecular complexity index is 2140. The number of amides is 2. The molecule has 4 aromatic rings. The number of carbonyl (C=O) groups excluding carboxylic acids is 2. The fraction of sp³-hybridized carbons (Fsp3) is 0.471. The van der Waals surface area contributed by atoms with Gasteiger partial charge in [0.05, 0.1) is 46.0 Å². The highest BCUT2D eigenvalue weighted by molar-refractivity contribution is 7.91. The fourth-order valence-electron chi connectivity index (χ4n) is 7.39. The summed E-state index contributed by atoms with van der Waals surface area (Å²) in [6, 6.07) is 4.17. The van der Waals surface area contributed by atoms with Gasteiger partial charge >= 0.3 is 0 Å². The summed E-state index contributed by atoms with van der Waals surface area (Å²) in [6.45, 7) is 4.31. The van der Waals surface area contributed by atoms with Crippen molar-refractivity contribution in [2.75, 3.05) is 30.9 Å². The van der Waals surface area contributed by atoms with Crippen molar-refractivity contribution >= 4 is 50.0 Å². The standard InChI is InChI=1S/C34H37ClF2N8O5S/c1-18(2)8-23-31(32(38)47)30(19-4-5-24-26(9-19)50-17-29(46)44(24)16-28-39-12-20(35)13-40-28)22-14-41-45(33(22)42-23)25-6-7-43(15-27(25)51(3,48)49)21-10-34(36,37)11-21/h4-5,9,12-14,18,21,25,27H,6-8,10-11,15-17H2,1-3H3,(H2,38,47). The summed E-state index contributed by atoms with van der Waals surface area (Å²) >= 11 is 5.94. The number of likely N-dealkylation sites (tertiary alicyclic amines) is 1. The van der Waals surface area contributed by atoms with Gasteiger partial charge in [0.1, 0.15) is 11.6 Å². The van der Waals surface area contributed by atoms with E-state index in [-0.39, 0.29) is 56.0 Å². The van der Waals surface area contributed by atoms with Crippen LogP contribution in [-0.2, 0) is 27.6 Å². The molecule has 7 rings (SSSR count). The maximum Gasteiger partial charge on any atom is 0.265 e. The SMILES string of the molecule is CC(C)Cc1nc2c(cnn2C2CCN(C3CC(F)(F)C3)CC2S(C)(=O)=O)c(-c2ccc3c(c2)OCC(=O)N3Cc2ncc(Cl)cn2)c1C(N)=O. The van der Waals surface area contributed by atoms with Crippen LogP contribution in [0.25, 0.3) is 22.2 Å². The number of anilines is 1. The summed E-state index contributed by atoms with van der Waals surface area (Å²) in [5, 5.41) is 4.58. The van der Waals surface area contributed by atoms with Crippen molar-refractivity contribution in [3.8, 4) is 16.9 Å². The number of ether oxygens (including phenoxy) is 1. The van der Waals surface area contributed by atoms with Gasteiger partial charge in [-0.1, -0.05) is 31.5 Å². The number of nitrogens with two attached hydrogens (primary N) is 1. The highest BCUT2D eigenvalue weighted by atomic mass is 35.5. The Morgan fingerprint density at radius 2 is 1.90 bits per heavy atom. The van der Waals surface area contributed by atoms with E-state index in [4.69, 9.17) is 27.1 Å². The molecule has 1 saturated heterocycles. The number of piperidine rings is 1. The Morgan fingerprint density at radius 1 is 1.18 bits per heavy atom. The van der Waals surface area contributed by atoms with Crippen LogP contribution < -0.4 is 15.4 Å². The van der Waals surface area contributed by atoms with Gasteiger partial charge in [-0.3, -0.25) is 19.4 Å². The monoisotopic (exact) mass is 742 g/mol. The molecule has 2 atom stereocenters. The lowest BCUT2D eigenvalue weighted by Gasteiger charge is -2.47. The zero-order valence-electron chi connectivity index (χ0n) is 28.2. The molecule has 0 spiro atoms. The number of carbonyl (C=O) groups is 2. The van der Waals surface area contributed by atoms with E-state index in [1.165, 1.54) is 17.3 Å². The number of sulfone groups is 1. The van der Waals surface area contributed by atoms with Gasteiger partial charge in [-0.25, -0.2) is 36.8 Å². The minimum atomic E-state index is -3.66. The molecule has 2 N–H and O–H groups in total. The van der Waals surface area contributed by atoms with E-state index in [1.54, 1.807) is 29.1 Å². The van der Waals surface area contributed by atoms with Gasteiger partial charge < -0.3 is 10.5 Å². The molecule has 13 nitrogen and oxygen atoms in total. The first-order valence-electron chi connectivity index (χ1n) is 16.6. The number of hydrogen-bond donors (Lipinski definition) is 1. The summed E-state index contributed by atoms with van der Waals surface area (Å²) in [7, 11) is -3.66. The predicted molar refractivity (Wildman–Crippen MR) is 186 cm³/mol. The zero-order chi connectivity index (χ0) is 36.4. The number of nitrogens with zero attached hydrogens (tertiary/aromatic N) is 7. The molecule has 5 heterocycles. The third-order valence-electron chi connectivity index (χ3n) is 9.84. The summed E-state index contributed by atoms with van der Waals surface area (Å²) < 4.78 is 61.4. The maximum atomic E-state index is 13.7. The third kappa shape index (κ3) is 6.76. The van der Waals surface area contributed by atoms with Gasteiger partial charge in [-0.2, -0.15) is 5.10 Å². The second-order valence-corrected chi connectivity index (χ2v) is 16.7. The molecular weight excluding hydrogens is 706 g/mol. The quantitative estimate of drug-likeness (QED) is 0.262. The molecular formula is C34H37ClF2N8O5S. The van der Waals surface area contributed by atoms with Crippen LogP contribution in [0.5, 0.6) is 5.75 Å². The van der Waals surface area contributed by atoms with Gasteiger partial charge in [0.25, 0.3) is 17.7 Å². The topological polar surface area (TPSA) is 166 Å². The number of primary amides is 1. The number of benzene rings is 1. The highest BCUT2D eigenvalue weighted by Crippen LogP contribution is 2.44. The van der Waals surface area contributed by atoms with E-state index < -0.39 is 33.0 Å². The Labute approximate surface area is 298 Å². The van der Waals surface area contributed by atoms with Gasteiger partial charge in [0.15, 0.2) is 22.1 Å². The minimum Gasteiger partial charge on any atom is -0.482 e. The molecule has 2 fully saturated rings. The van der Waals surface area contributed by atoms with Crippen LogP contribution in [0, 0.1) is 5.92 Å². The normalized spacial score (nSPS) is 21.1. The Balaban J connectivity index is 1.32. The van der Waals surface area contributed by atoms with Crippen LogP contribution in [0.4, 0.5) is 14.5 Å². The lowest BCUT2D eigenvalue weighted by atomic mass is 9.85. The molecule has 3 aliphatic rings. The average molecular weight is 743 g/mol. The molecule has 1 aliphatic carbocycles. The molecule has 0 bridgehead atoms. The smallest absolute Gasteiger partial charge is 0.265 e. The number of pyridine rings is 1. The number of halogens is 3. The summed E-state index contributed by atoms with van der Waals surface area (Å²) in [6.07, 6.45) is 5.77. The second-order valence-electron chi connectivity index (χ2n) is 14.0. The third-order valence-corrected chi connectivity index (χ3v) is 11.6. The largest absolute Gasteiger partial charge is 0.482 e. The van der Waals surface area contributed by atoms with Gasteiger partial charge in [-0.15, -0.1) is 0 Å². The number of alkyl halides is 2. The van der Waals surface area contributed by atoms with E-state index >= 15 is 0 Å². The molecule has 17 heteroatoms. The summed E-state index contributed by atoms with van der Waals surface area (Å²) in [5.41, 5.74) is 8.55. The van der Waals surface area contributed by atoms with E-state index in [0.717, 1.165) is 6.26 Å². The van der Waals surface area contributed by atoms with Gasteiger partial charge in [0.2, 0.25) is 0 Å². The van der Waals surface area contributed by atoms with E-state index in [9.17, 15) is 26.8 Å². The molecule has 2 amide bonds. The average Bonchev–Trinajstić information content (AvgIpc) is 3.47. The van der Waals surface area contributed by atoms with Gasteiger partial charge in [-0.05, 0) is 36.5 Å². The first kappa shape index (κ1) is 35.1. The maximum absolute atomic E-state index is 13.7. The van der Waals surface area contributed by atoms with Crippen molar-refractivity contribution in [3.63, 3.8) is 0 Å². The molecule has 1 aromatic carbocycles. The van der Waals surface area contributed by atoms with E-state index in [2.05, 4.69) is 15.1 Å². The number of rotatable bonds is 9. The predicted octanol–water partition coefficient (Wildman–Crippen LogP) is 4.22. The van der Waals surface area contributed by atoms with Crippen molar-refractivity contribution in [3.05, 3.63) is 58.9 Å². The fourth-order valence-corrected chi connectivity index (χ4v) is 8.77. The lowest BCUT2D eigenvalue weighted by molar-refractivity contribution is -0.128. The van der Waals surface area contributed by atoms with Crippen LogP contribution in [-0.4, -0.2) is 93.0 Å². The molecule has 2 unspecified atom stereocenters. The first-order chi connectivity index (χ1) is 24.1. The van der Waals surface area contributed by atoms with Crippen molar-refractivity contribution in [2.24, 2.45) is 11.7 Å². The summed E-state index contributed by atoms with van der Waals surface area (Å²) in [4.78, 5) is 42.9. The van der Waals surface area contributed by atoms with Crippen LogP contribution in [0.2, 0.25) is 5.02 Å². The first-order valence-corrected chi connectivity index (χ1v) is 19.0. The van der Waals surface area contributed by atoms with Gasteiger partial charge in [0, 0.05) is 61.6 Å². The lowest BCUT2D eigenvalue weighted by Crippen LogP contribution is -2.57. The van der Waals surface area contributed by atoms with Crippen molar-refractivity contribution in [1.29, 1.82) is 0 Å². The molecule has 270 valence electrons. The number of fused-ring (bicyclic) bond motifs is 2. The highest BCUT2D eigenvalue weighted by Gasteiger charge is 2.50. The molecule has 0 radical (unpaired) electrons. The Kier molecular flexibility index (Phi) is 8.99. The zero-order valence-corrected chi connectivity index (χ0v) is 29.8. The van der Waals surface area contributed by atoms with Crippen molar-refractivity contribution < 1.29 is 31.5 Å². The number of aromatic nitrogens is 5. The summed E-state index contributed by atoms with van der Waals surface area (Å²) in [5.74, 6) is -2.89. The van der Waals surface area contributed by atoms with Crippen LogP contribution in [0.3, 0.4) is 0 Å². The van der Waals surface area contributed by atoms with Crippen molar-refractivity contribution in [1.82, 2.24) is 29.6 Å². The molecule has 3 aromatic heterocycles. The molecule has 51 heavy (non-hydrogen) atoms. The molecule has 1 saturated carbocycles.